The average Bonchev–Trinajstić information content (AvgIpc) is 3.16. The second kappa shape index (κ2) is 7.63. The fraction of sp³-hybridized carbons (Fsp3) is 0.158. The van der Waals surface area contributed by atoms with Crippen molar-refractivity contribution in [2.75, 3.05) is 6.54 Å². The standard InChI is InChI=1S/C19H18N2O4/c22-17(18-9-5-11-25-18)14-20(12-15-6-2-1-3-7-15)19(23)16-8-4-10-21(24)13-16/h1-11,13,17,22H,12,14H2. The zero-order valence-corrected chi connectivity index (χ0v) is 13.5. The van der Waals surface area contributed by atoms with Crippen molar-refractivity contribution in [1.82, 2.24) is 4.90 Å². The lowest BCUT2D eigenvalue weighted by atomic mass is 10.1. The summed E-state index contributed by atoms with van der Waals surface area (Å²) in [6.07, 6.45) is 3.06. The quantitative estimate of drug-likeness (QED) is 0.552. The fourth-order valence-electron chi connectivity index (χ4n) is 2.57. The molecule has 0 saturated carbocycles. The third kappa shape index (κ3) is 4.24. The Morgan fingerprint density at radius 3 is 2.64 bits per heavy atom. The number of pyridine rings is 1. The van der Waals surface area contributed by atoms with Gasteiger partial charge in [-0.15, -0.1) is 0 Å². The number of aliphatic hydroxyl groups excluding tert-OH is 1. The normalized spacial score (nSPS) is 11.9. The van der Waals surface area contributed by atoms with Crippen LogP contribution in [0.2, 0.25) is 0 Å². The average molecular weight is 338 g/mol. The molecule has 1 atom stereocenters. The van der Waals surface area contributed by atoms with E-state index >= 15 is 0 Å². The first-order valence-corrected chi connectivity index (χ1v) is 7.87. The molecule has 0 aliphatic heterocycles. The van der Waals surface area contributed by atoms with Crippen LogP contribution in [-0.2, 0) is 6.54 Å². The first-order chi connectivity index (χ1) is 12.1. The molecule has 1 unspecified atom stereocenters. The van der Waals surface area contributed by atoms with Gasteiger partial charge in [0.05, 0.1) is 12.8 Å². The number of carbonyl (C=O) groups excluding carboxylic acids is 1. The molecule has 128 valence electrons. The first kappa shape index (κ1) is 16.7. The van der Waals surface area contributed by atoms with Gasteiger partial charge in [-0.2, -0.15) is 4.73 Å². The van der Waals surface area contributed by atoms with Crippen LogP contribution in [0.4, 0.5) is 0 Å². The minimum absolute atomic E-state index is 0.0506. The molecular formula is C19H18N2O4. The summed E-state index contributed by atoms with van der Waals surface area (Å²) < 4.78 is 5.79. The molecular weight excluding hydrogens is 320 g/mol. The second-order valence-electron chi connectivity index (χ2n) is 5.66. The van der Waals surface area contributed by atoms with Gasteiger partial charge in [-0.25, -0.2) is 0 Å². The molecule has 25 heavy (non-hydrogen) atoms. The van der Waals surface area contributed by atoms with Gasteiger partial charge in [-0.1, -0.05) is 30.3 Å². The molecule has 0 bridgehead atoms. The molecule has 0 radical (unpaired) electrons. The Hall–Kier alpha value is -3.12. The third-order valence-corrected chi connectivity index (χ3v) is 3.79. The Morgan fingerprint density at radius 2 is 1.96 bits per heavy atom. The van der Waals surface area contributed by atoms with E-state index in [0.29, 0.717) is 17.0 Å². The largest absolute Gasteiger partial charge is 0.619 e. The molecule has 1 amide bonds. The lowest BCUT2D eigenvalue weighted by molar-refractivity contribution is -0.605. The van der Waals surface area contributed by atoms with Crippen molar-refractivity contribution < 1.29 is 19.0 Å². The van der Waals surface area contributed by atoms with Crippen molar-refractivity contribution in [3.63, 3.8) is 0 Å². The molecule has 0 fully saturated rings. The summed E-state index contributed by atoms with van der Waals surface area (Å²) in [5.41, 5.74) is 1.19. The van der Waals surface area contributed by atoms with E-state index in [0.717, 1.165) is 5.56 Å². The zero-order valence-electron chi connectivity index (χ0n) is 13.5. The van der Waals surface area contributed by atoms with Gasteiger partial charge in [0.1, 0.15) is 17.4 Å². The van der Waals surface area contributed by atoms with E-state index in [1.807, 2.05) is 30.3 Å². The molecule has 0 aliphatic rings. The van der Waals surface area contributed by atoms with Crippen molar-refractivity contribution >= 4 is 5.91 Å². The smallest absolute Gasteiger partial charge is 0.260 e. The van der Waals surface area contributed by atoms with E-state index in [1.54, 1.807) is 18.2 Å². The monoisotopic (exact) mass is 338 g/mol. The van der Waals surface area contributed by atoms with Gasteiger partial charge in [0.2, 0.25) is 0 Å². The second-order valence-corrected chi connectivity index (χ2v) is 5.66. The van der Waals surface area contributed by atoms with Gasteiger partial charge in [-0.05, 0) is 23.8 Å². The maximum atomic E-state index is 12.8. The van der Waals surface area contributed by atoms with Crippen molar-refractivity contribution in [2.24, 2.45) is 0 Å². The maximum absolute atomic E-state index is 12.8. The minimum Gasteiger partial charge on any atom is -0.619 e. The molecule has 0 aliphatic carbocycles. The summed E-state index contributed by atoms with van der Waals surface area (Å²) >= 11 is 0. The van der Waals surface area contributed by atoms with Crippen molar-refractivity contribution in [3.05, 3.63) is 95.3 Å². The number of hydrogen-bond acceptors (Lipinski definition) is 4. The number of aromatic nitrogens is 1. The van der Waals surface area contributed by atoms with E-state index in [4.69, 9.17) is 4.42 Å². The maximum Gasteiger partial charge on any atom is 0.260 e. The zero-order chi connectivity index (χ0) is 17.6. The number of aliphatic hydroxyl groups is 1. The van der Waals surface area contributed by atoms with Gasteiger partial charge in [0.15, 0.2) is 12.4 Å². The van der Waals surface area contributed by atoms with Gasteiger partial charge in [0, 0.05) is 12.6 Å². The summed E-state index contributed by atoms with van der Waals surface area (Å²) in [5, 5.41) is 21.8. The molecule has 0 spiro atoms. The van der Waals surface area contributed by atoms with Crippen LogP contribution in [0.3, 0.4) is 0 Å². The first-order valence-electron chi connectivity index (χ1n) is 7.87. The highest BCUT2D eigenvalue weighted by Crippen LogP contribution is 2.18. The highest BCUT2D eigenvalue weighted by molar-refractivity contribution is 5.93. The predicted octanol–water partition coefficient (Wildman–Crippen LogP) is 2.29. The summed E-state index contributed by atoms with van der Waals surface area (Å²) in [6.45, 7) is 0.361. The van der Waals surface area contributed by atoms with E-state index in [2.05, 4.69) is 0 Å². The van der Waals surface area contributed by atoms with Gasteiger partial charge >= 0.3 is 0 Å². The number of furan rings is 1. The molecule has 3 rings (SSSR count). The molecule has 6 heteroatoms. The minimum atomic E-state index is -0.953. The van der Waals surface area contributed by atoms with E-state index in [-0.39, 0.29) is 18.0 Å². The van der Waals surface area contributed by atoms with Crippen molar-refractivity contribution in [1.29, 1.82) is 0 Å². The fourth-order valence-corrected chi connectivity index (χ4v) is 2.57. The Bertz CT molecular complexity index is 818. The molecule has 2 aromatic heterocycles. The number of carbonyl (C=O) groups is 1. The number of amides is 1. The van der Waals surface area contributed by atoms with Crippen LogP contribution in [0.15, 0.2) is 77.7 Å². The highest BCUT2D eigenvalue weighted by atomic mass is 16.5. The van der Waals surface area contributed by atoms with E-state index in [1.165, 1.54) is 29.6 Å². The van der Waals surface area contributed by atoms with Gasteiger partial charge < -0.3 is 19.6 Å². The number of benzene rings is 1. The summed E-state index contributed by atoms with van der Waals surface area (Å²) in [7, 11) is 0. The van der Waals surface area contributed by atoms with Crippen LogP contribution in [0.25, 0.3) is 0 Å². The Kier molecular flexibility index (Phi) is 5.11. The predicted molar refractivity (Wildman–Crippen MR) is 90.3 cm³/mol. The van der Waals surface area contributed by atoms with Crippen LogP contribution in [-0.4, -0.2) is 22.5 Å². The highest BCUT2D eigenvalue weighted by Gasteiger charge is 2.23. The summed E-state index contributed by atoms with van der Waals surface area (Å²) in [4.78, 5) is 14.3. The molecule has 2 heterocycles. The number of nitrogens with zero attached hydrogens (tertiary/aromatic N) is 2. The van der Waals surface area contributed by atoms with Crippen LogP contribution in [0, 0.1) is 5.21 Å². The third-order valence-electron chi connectivity index (χ3n) is 3.79. The molecule has 3 aromatic rings. The summed E-state index contributed by atoms with van der Waals surface area (Å²) in [6, 6.07) is 15.9. The Balaban J connectivity index is 1.84. The lowest BCUT2D eigenvalue weighted by Gasteiger charge is -2.24. The van der Waals surface area contributed by atoms with Crippen LogP contribution < -0.4 is 4.73 Å². The summed E-state index contributed by atoms with van der Waals surface area (Å²) in [5.74, 6) is 0.0532. The number of rotatable bonds is 6. The molecule has 6 nitrogen and oxygen atoms in total. The van der Waals surface area contributed by atoms with E-state index in [9.17, 15) is 15.1 Å². The lowest BCUT2D eigenvalue weighted by Crippen LogP contribution is -2.36. The number of hydrogen-bond donors (Lipinski definition) is 1. The van der Waals surface area contributed by atoms with Crippen molar-refractivity contribution in [3.8, 4) is 0 Å². The van der Waals surface area contributed by atoms with Crippen LogP contribution >= 0.6 is 0 Å². The topological polar surface area (TPSA) is 80.6 Å². The SMILES string of the molecule is O=C(c1ccc[n+]([O-])c1)N(Cc1ccccc1)CC(O)c1ccco1. The molecule has 1 N–H and O–H groups in total. The van der Waals surface area contributed by atoms with Gasteiger partial charge in [-0.3, -0.25) is 4.79 Å². The van der Waals surface area contributed by atoms with E-state index < -0.39 is 6.10 Å². The van der Waals surface area contributed by atoms with Crippen LogP contribution in [0.5, 0.6) is 0 Å². The molecule has 1 aromatic carbocycles. The van der Waals surface area contributed by atoms with Gasteiger partial charge in [0.25, 0.3) is 5.91 Å². The van der Waals surface area contributed by atoms with Crippen LogP contribution in [0.1, 0.15) is 27.8 Å². The molecule has 0 saturated heterocycles. The Morgan fingerprint density at radius 1 is 1.16 bits per heavy atom. The Labute approximate surface area is 145 Å². The van der Waals surface area contributed by atoms with Crippen molar-refractivity contribution in [2.45, 2.75) is 12.6 Å².